The number of hydrogen-bond donors (Lipinski definition) is 1. The zero-order chi connectivity index (χ0) is 15.1. The van der Waals surface area contributed by atoms with Crippen LogP contribution in [0.1, 0.15) is 5.56 Å². The summed E-state index contributed by atoms with van der Waals surface area (Å²) in [7, 11) is 5.46. The van der Waals surface area contributed by atoms with Crippen LogP contribution in [0.3, 0.4) is 0 Å². The molecule has 0 amide bonds. The second-order valence-corrected chi connectivity index (χ2v) is 5.40. The molecule has 0 radical (unpaired) electrons. The monoisotopic (exact) mass is 294 g/mol. The zero-order valence-corrected chi connectivity index (χ0v) is 13.2. The molecule has 1 saturated heterocycles. The lowest BCUT2D eigenvalue weighted by molar-refractivity contribution is 0.0103. The Morgan fingerprint density at radius 3 is 2.76 bits per heavy atom. The fourth-order valence-corrected chi connectivity index (χ4v) is 2.53. The summed E-state index contributed by atoms with van der Waals surface area (Å²) in [6, 6.07) is 6.10. The number of ether oxygens (including phenoxy) is 3. The van der Waals surface area contributed by atoms with Gasteiger partial charge in [-0.25, -0.2) is 0 Å². The van der Waals surface area contributed by atoms with E-state index in [0.29, 0.717) is 6.10 Å². The van der Waals surface area contributed by atoms with E-state index < -0.39 is 0 Å². The van der Waals surface area contributed by atoms with Crippen LogP contribution in [0.15, 0.2) is 18.2 Å². The van der Waals surface area contributed by atoms with E-state index in [1.54, 1.807) is 14.2 Å². The molecule has 118 valence electrons. The molecular weight excluding hydrogens is 268 g/mol. The Balaban J connectivity index is 1.81. The summed E-state index contributed by atoms with van der Waals surface area (Å²) in [4.78, 5) is 2.31. The summed E-state index contributed by atoms with van der Waals surface area (Å²) in [6.07, 6.45) is 1.28. The van der Waals surface area contributed by atoms with Crippen molar-refractivity contribution in [3.05, 3.63) is 23.8 Å². The fraction of sp³-hybridized carbons (Fsp3) is 0.625. The predicted octanol–water partition coefficient (Wildman–Crippen LogP) is 1.17. The van der Waals surface area contributed by atoms with Crippen molar-refractivity contribution in [2.75, 3.05) is 54.1 Å². The number of rotatable bonds is 7. The van der Waals surface area contributed by atoms with Gasteiger partial charge in [-0.3, -0.25) is 0 Å². The van der Waals surface area contributed by atoms with Crippen molar-refractivity contribution in [2.24, 2.45) is 0 Å². The van der Waals surface area contributed by atoms with Crippen LogP contribution in [0, 0.1) is 0 Å². The molecule has 1 aliphatic heterocycles. The molecule has 1 heterocycles. The highest BCUT2D eigenvalue weighted by Gasteiger charge is 2.15. The van der Waals surface area contributed by atoms with E-state index in [9.17, 15) is 0 Å². The molecule has 1 aliphatic rings. The molecule has 1 atom stereocenters. The molecule has 5 nitrogen and oxygen atoms in total. The lowest BCUT2D eigenvalue weighted by Gasteiger charge is -2.28. The van der Waals surface area contributed by atoms with Gasteiger partial charge in [-0.2, -0.15) is 0 Å². The number of methoxy groups -OCH3 is 2. The van der Waals surface area contributed by atoms with Gasteiger partial charge in [-0.1, -0.05) is 6.07 Å². The molecule has 5 heteroatoms. The van der Waals surface area contributed by atoms with Crippen LogP contribution < -0.4 is 14.8 Å². The van der Waals surface area contributed by atoms with E-state index in [2.05, 4.69) is 23.3 Å². The van der Waals surface area contributed by atoms with Crippen LogP contribution in [0.2, 0.25) is 0 Å². The van der Waals surface area contributed by atoms with Crippen LogP contribution in [-0.4, -0.2) is 65.1 Å². The molecule has 1 N–H and O–H groups in total. The van der Waals surface area contributed by atoms with E-state index in [1.807, 2.05) is 12.1 Å². The van der Waals surface area contributed by atoms with Gasteiger partial charge in [0.2, 0.25) is 0 Å². The predicted molar refractivity (Wildman–Crippen MR) is 83.4 cm³/mol. The van der Waals surface area contributed by atoms with Crippen LogP contribution in [0.25, 0.3) is 0 Å². The maximum absolute atomic E-state index is 5.73. The highest BCUT2D eigenvalue weighted by Crippen LogP contribution is 2.27. The first kappa shape index (κ1) is 16.1. The van der Waals surface area contributed by atoms with Gasteiger partial charge in [-0.15, -0.1) is 0 Å². The molecule has 1 unspecified atom stereocenters. The molecule has 0 saturated carbocycles. The number of benzene rings is 1. The van der Waals surface area contributed by atoms with Crippen LogP contribution >= 0.6 is 0 Å². The van der Waals surface area contributed by atoms with Gasteiger partial charge in [0.15, 0.2) is 11.5 Å². The second kappa shape index (κ2) is 8.22. The van der Waals surface area contributed by atoms with Gasteiger partial charge >= 0.3 is 0 Å². The average molecular weight is 294 g/mol. The second-order valence-electron chi connectivity index (χ2n) is 5.40. The highest BCUT2D eigenvalue weighted by molar-refractivity contribution is 5.42. The van der Waals surface area contributed by atoms with Crippen LogP contribution in [0.4, 0.5) is 0 Å². The van der Waals surface area contributed by atoms with Crippen molar-refractivity contribution in [1.29, 1.82) is 0 Å². The Bertz CT molecular complexity index is 434. The normalized spacial score (nSPS) is 18.8. The van der Waals surface area contributed by atoms with Crippen molar-refractivity contribution in [3.8, 4) is 11.5 Å². The Labute approximate surface area is 127 Å². The molecule has 0 aliphatic carbocycles. The molecule has 0 aromatic heterocycles. The van der Waals surface area contributed by atoms with Gasteiger partial charge in [0.05, 0.1) is 26.9 Å². The lowest BCUT2D eigenvalue weighted by Crippen LogP contribution is -2.44. The molecule has 1 aromatic rings. The fourth-order valence-electron chi connectivity index (χ4n) is 2.53. The van der Waals surface area contributed by atoms with E-state index in [-0.39, 0.29) is 0 Å². The quantitative estimate of drug-likeness (QED) is 0.817. The van der Waals surface area contributed by atoms with Crippen LogP contribution in [-0.2, 0) is 11.2 Å². The zero-order valence-electron chi connectivity index (χ0n) is 13.2. The van der Waals surface area contributed by atoms with E-state index in [0.717, 1.165) is 50.7 Å². The molecular formula is C16H26N2O3. The van der Waals surface area contributed by atoms with Gasteiger partial charge in [0, 0.05) is 26.2 Å². The summed E-state index contributed by atoms with van der Waals surface area (Å²) in [6.45, 7) is 4.68. The molecule has 1 fully saturated rings. The van der Waals surface area contributed by atoms with E-state index in [4.69, 9.17) is 14.2 Å². The largest absolute Gasteiger partial charge is 0.493 e. The van der Waals surface area contributed by atoms with Crippen molar-refractivity contribution in [3.63, 3.8) is 0 Å². The Hall–Kier alpha value is -1.30. The van der Waals surface area contributed by atoms with Crippen LogP contribution in [0.5, 0.6) is 11.5 Å². The first-order valence-corrected chi connectivity index (χ1v) is 7.44. The SMILES string of the molecule is COc1ccc(CCN(C)CC2CNCCO2)cc1OC. The highest BCUT2D eigenvalue weighted by atomic mass is 16.5. The minimum Gasteiger partial charge on any atom is -0.493 e. The summed E-state index contributed by atoms with van der Waals surface area (Å²) < 4.78 is 16.3. The maximum Gasteiger partial charge on any atom is 0.160 e. The molecule has 1 aromatic carbocycles. The van der Waals surface area contributed by atoms with Crippen molar-refractivity contribution < 1.29 is 14.2 Å². The number of nitrogens with one attached hydrogen (secondary N) is 1. The van der Waals surface area contributed by atoms with Gasteiger partial charge in [-0.05, 0) is 31.2 Å². The summed E-state index contributed by atoms with van der Waals surface area (Å²) in [5.41, 5.74) is 1.25. The summed E-state index contributed by atoms with van der Waals surface area (Å²) >= 11 is 0. The number of likely N-dealkylation sites (N-methyl/N-ethyl adjacent to an activating group) is 1. The maximum atomic E-state index is 5.73. The minimum atomic E-state index is 0.300. The lowest BCUT2D eigenvalue weighted by atomic mass is 10.1. The van der Waals surface area contributed by atoms with Crippen molar-refractivity contribution >= 4 is 0 Å². The number of morpholine rings is 1. The number of nitrogens with zero attached hydrogens (tertiary/aromatic N) is 1. The topological polar surface area (TPSA) is 43.0 Å². The van der Waals surface area contributed by atoms with Gasteiger partial charge < -0.3 is 24.4 Å². The first-order valence-electron chi connectivity index (χ1n) is 7.44. The van der Waals surface area contributed by atoms with Gasteiger partial charge in [0.25, 0.3) is 0 Å². The Morgan fingerprint density at radius 2 is 2.10 bits per heavy atom. The van der Waals surface area contributed by atoms with Crippen molar-refractivity contribution in [2.45, 2.75) is 12.5 Å². The van der Waals surface area contributed by atoms with Crippen molar-refractivity contribution in [1.82, 2.24) is 10.2 Å². The van der Waals surface area contributed by atoms with Gasteiger partial charge in [0.1, 0.15) is 0 Å². The van der Waals surface area contributed by atoms with E-state index >= 15 is 0 Å². The minimum absolute atomic E-state index is 0.300. The third-order valence-electron chi connectivity index (χ3n) is 3.75. The smallest absolute Gasteiger partial charge is 0.160 e. The molecule has 0 spiro atoms. The third-order valence-corrected chi connectivity index (χ3v) is 3.75. The Morgan fingerprint density at radius 1 is 1.29 bits per heavy atom. The number of hydrogen-bond acceptors (Lipinski definition) is 5. The molecule has 2 rings (SSSR count). The van der Waals surface area contributed by atoms with E-state index in [1.165, 1.54) is 5.56 Å². The summed E-state index contributed by atoms with van der Waals surface area (Å²) in [5.74, 6) is 1.56. The Kier molecular flexibility index (Phi) is 6.29. The first-order chi connectivity index (χ1) is 10.2. The summed E-state index contributed by atoms with van der Waals surface area (Å²) in [5, 5.41) is 3.36. The third kappa shape index (κ3) is 4.88. The average Bonchev–Trinajstić information content (AvgIpc) is 2.53. The standard InChI is InChI=1S/C16H26N2O3/c1-18(12-14-11-17-7-9-21-14)8-6-13-4-5-15(19-2)16(10-13)20-3/h4-5,10,14,17H,6-9,11-12H2,1-3H3. The molecule has 0 bridgehead atoms. The molecule has 21 heavy (non-hydrogen) atoms.